The number of para-hydroxylation sites is 3. The van der Waals surface area contributed by atoms with Crippen LogP contribution in [-0.4, -0.2) is 30.4 Å². The number of imidazole rings is 1. The van der Waals surface area contributed by atoms with E-state index >= 15 is 0 Å². The molecule has 172 valence electrons. The molecule has 7 nitrogen and oxygen atoms in total. The van der Waals surface area contributed by atoms with Crippen molar-refractivity contribution in [1.82, 2.24) is 19.5 Å². The van der Waals surface area contributed by atoms with Crippen LogP contribution in [0.2, 0.25) is 0 Å². The molecule has 0 fully saturated rings. The van der Waals surface area contributed by atoms with Gasteiger partial charge in [-0.25, -0.2) is 14.4 Å². The van der Waals surface area contributed by atoms with E-state index in [1.807, 2.05) is 30.3 Å². The molecule has 0 saturated carbocycles. The van der Waals surface area contributed by atoms with Gasteiger partial charge in [0.15, 0.2) is 11.0 Å². The molecule has 0 atom stereocenters. The van der Waals surface area contributed by atoms with Gasteiger partial charge in [-0.15, -0.1) is 0 Å². The lowest BCUT2D eigenvalue weighted by Gasteiger charge is -2.13. The van der Waals surface area contributed by atoms with Crippen molar-refractivity contribution in [3.63, 3.8) is 0 Å². The lowest BCUT2D eigenvalue weighted by atomic mass is 10.2. The molecule has 9 heteroatoms. The van der Waals surface area contributed by atoms with E-state index in [4.69, 9.17) is 0 Å². The zero-order valence-corrected chi connectivity index (χ0v) is 19.1. The van der Waals surface area contributed by atoms with Crippen LogP contribution in [0.5, 0.6) is 0 Å². The Hall–Kier alpha value is -4.42. The summed E-state index contributed by atoms with van der Waals surface area (Å²) < 4.78 is 14.9. The van der Waals surface area contributed by atoms with E-state index in [9.17, 15) is 19.6 Å². The fourth-order valence-electron chi connectivity index (χ4n) is 3.70. The Morgan fingerprint density at radius 3 is 2.49 bits per heavy atom. The lowest BCUT2D eigenvalue weighted by Crippen LogP contribution is -2.24. The molecule has 0 aliphatic heterocycles. The minimum absolute atomic E-state index is 0.00582. The Kier molecular flexibility index (Phi) is 6.04. The number of nitrogens with one attached hydrogen (secondary N) is 1. The number of H-pyrrole nitrogens is 1. The predicted molar refractivity (Wildman–Crippen MR) is 133 cm³/mol. The quantitative estimate of drug-likeness (QED) is 0.152. The Morgan fingerprint density at radius 2 is 1.74 bits per heavy atom. The van der Waals surface area contributed by atoms with E-state index in [1.165, 1.54) is 16.7 Å². The molecule has 2 N–H and O–H groups in total. The van der Waals surface area contributed by atoms with Crippen LogP contribution >= 0.6 is 11.8 Å². The third kappa shape index (κ3) is 4.52. The largest absolute Gasteiger partial charge is 0.510 e. The van der Waals surface area contributed by atoms with Gasteiger partial charge in [0.05, 0.1) is 34.2 Å². The summed E-state index contributed by atoms with van der Waals surface area (Å²) in [5.41, 5.74) is 2.45. The highest BCUT2D eigenvalue weighted by atomic mass is 32.2. The third-order valence-corrected chi connectivity index (χ3v) is 6.43. The fourth-order valence-corrected chi connectivity index (χ4v) is 4.58. The van der Waals surface area contributed by atoms with E-state index in [0.29, 0.717) is 21.6 Å². The van der Waals surface area contributed by atoms with Gasteiger partial charge in [0.2, 0.25) is 0 Å². The van der Waals surface area contributed by atoms with Crippen LogP contribution in [0.25, 0.3) is 27.5 Å². The van der Waals surface area contributed by atoms with E-state index in [-0.39, 0.29) is 40.8 Å². The van der Waals surface area contributed by atoms with Gasteiger partial charge in [-0.1, -0.05) is 48.2 Å². The normalized spacial score (nSPS) is 12.0. The number of benzene rings is 3. The first-order chi connectivity index (χ1) is 17.0. The summed E-state index contributed by atoms with van der Waals surface area (Å²) in [6.45, 7) is 0.179. The Morgan fingerprint density at radius 1 is 1.03 bits per heavy atom. The van der Waals surface area contributed by atoms with Crippen LogP contribution < -0.4 is 5.56 Å². The molecule has 0 aliphatic rings. The molecule has 0 amide bonds. The topological polar surface area (TPSA) is 108 Å². The molecule has 2 heterocycles. The monoisotopic (exact) mass is 483 g/mol. The number of hydrogen-bond donors (Lipinski definition) is 2. The van der Waals surface area contributed by atoms with Gasteiger partial charge in [-0.3, -0.25) is 9.36 Å². The van der Waals surface area contributed by atoms with Crippen molar-refractivity contribution in [2.24, 2.45) is 0 Å². The Bertz CT molecular complexity index is 1650. The van der Waals surface area contributed by atoms with Gasteiger partial charge < -0.3 is 10.1 Å². The zero-order valence-electron chi connectivity index (χ0n) is 18.3. The van der Waals surface area contributed by atoms with Crippen molar-refractivity contribution in [1.29, 1.82) is 5.26 Å². The van der Waals surface area contributed by atoms with E-state index in [0.717, 1.165) is 22.8 Å². The molecule has 2 aromatic heterocycles. The molecule has 5 aromatic rings. The highest BCUT2D eigenvalue weighted by Crippen LogP contribution is 2.25. The summed E-state index contributed by atoms with van der Waals surface area (Å²) in [4.78, 5) is 25.3. The molecule has 5 rings (SSSR count). The molecule has 35 heavy (non-hydrogen) atoms. The van der Waals surface area contributed by atoms with Crippen molar-refractivity contribution in [2.45, 2.75) is 11.7 Å². The second kappa shape index (κ2) is 9.44. The molecule has 0 unspecified atom stereocenters. The number of fused-ring (bicyclic) bond motifs is 2. The summed E-state index contributed by atoms with van der Waals surface area (Å²) >= 11 is 1.13. The van der Waals surface area contributed by atoms with Crippen molar-refractivity contribution >= 4 is 39.3 Å². The van der Waals surface area contributed by atoms with Crippen LogP contribution in [0.3, 0.4) is 0 Å². The number of aliphatic hydroxyl groups is 1. The summed E-state index contributed by atoms with van der Waals surface area (Å²) in [5, 5.41) is 21.3. The summed E-state index contributed by atoms with van der Waals surface area (Å²) in [5.74, 6) is -0.292. The van der Waals surface area contributed by atoms with Gasteiger partial charge in [0.25, 0.3) is 5.56 Å². The van der Waals surface area contributed by atoms with Gasteiger partial charge in [0.1, 0.15) is 23.2 Å². The average molecular weight is 484 g/mol. The number of aromatic nitrogens is 4. The predicted octanol–water partition coefficient (Wildman–Crippen LogP) is 5.05. The molecule has 3 aromatic carbocycles. The van der Waals surface area contributed by atoms with Crippen molar-refractivity contribution < 1.29 is 9.50 Å². The van der Waals surface area contributed by atoms with Crippen molar-refractivity contribution in [3.8, 4) is 6.07 Å². The van der Waals surface area contributed by atoms with Crippen LogP contribution in [0, 0.1) is 17.1 Å². The van der Waals surface area contributed by atoms with Crippen LogP contribution in [0.4, 0.5) is 4.39 Å². The minimum atomic E-state index is -0.364. The smallest absolute Gasteiger partial charge is 0.262 e. The second-order valence-corrected chi connectivity index (χ2v) is 8.70. The van der Waals surface area contributed by atoms with Gasteiger partial charge in [0, 0.05) is 0 Å². The molecule has 0 bridgehead atoms. The first-order valence-corrected chi connectivity index (χ1v) is 11.7. The van der Waals surface area contributed by atoms with Crippen LogP contribution in [0.15, 0.2) is 88.5 Å². The number of aromatic amines is 1. The SMILES string of the molecule is N#C/C(=C(/O)CSc1nc2ccccc2c(=O)n1Cc1ccc(F)cc1)c1nc2ccccc2[nH]1. The highest BCUT2D eigenvalue weighted by Gasteiger charge is 2.17. The number of hydrogen-bond acceptors (Lipinski definition) is 6. The van der Waals surface area contributed by atoms with Crippen LogP contribution in [-0.2, 0) is 6.54 Å². The molecule has 0 radical (unpaired) electrons. The maximum atomic E-state index is 13.4. The maximum Gasteiger partial charge on any atom is 0.262 e. The fraction of sp³-hybridized carbons (Fsp3) is 0.0769. The number of allylic oxidation sites excluding steroid dienone is 1. The zero-order chi connectivity index (χ0) is 24.4. The number of rotatable bonds is 6. The summed E-state index contributed by atoms with van der Waals surface area (Å²) in [6, 6.07) is 22.2. The second-order valence-electron chi connectivity index (χ2n) is 7.75. The molecular weight excluding hydrogens is 465 g/mol. The highest BCUT2D eigenvalue weighted by molar-refractivity contribution is 7.99. The molecule has 0 spiro atoms. The number of halogens is 1. The van der Waals surface area contributed by atoms with E-state index < -0.39 is 0 Å². The average Bonchev–Trinajstić information content (AvgIpc) is 3.30. The standard InChI is InChI=1S/C26H18FN5O2S/c27-17-11-9-16(10-12-17)14-32-25(34)18-5-1-2-6-20(18)31-26(32)35-15-23(33)19(13-28)24-29-21-7-3-4-8-22(21)30-24/h1-12,33H,14-15H2,(H,29,30)/b23-19-. The Balaban J connectivity index is 1.51. The Labute approximate surface area is 203 Å². The molecule has 0 aliphatic carbocycles. The summed E-state index contributed by atoms with van der Waals surface area (Å²) in [6.07, 6.45) is 0. The van der Waals surface area contributed by atoms with Gasteiger partial charge in [-0.2, -0.15) is 5.26 Å². The van der Waals surface area contributed by atoms with E-state index in [2.05, 4.69) is 15.0 Å². The van der Waals surface area contributed by atoms with Gasteiger partial charge in [-0.05, 0) is 42.0 Å². The van der Waals surface area contributed by atoms with Gasteiger partial charge >= 0.3 is 0 Å². The first-order valence-electron chi connectivity index (χ1n) is 10.7. The number of thioether (sulfide) groups is 1. The lowest BCUT2D eigenvalue weighted by molar-refractivity contribution is 0.420. The molecule has 0 saturated heterocycles. The number of nitriles is 1. The van der Waals surface area contributed by atoms with Crippen LogP contribution in [0.1, 0.15) is 11.4 Å². The van der Waals surface area contributed by atoms with Crippen molar-refractivity contribution in [2.75, 3.05) is 5.75 Å². The molecular formula is C26H18FN5O2S. The van der Waals surface area contributed by atoms with Crippen molar-refractivity contribution in [3.05, 3.63) is 106 Å². The van der Waals surface area contributed by atoms with E-state index in [1.54, 1.807) is 36.4 Å². The maximum absolute atomic E-state index is 13.4. The minimum Gasteiger partial charge on any atom is -0.510 e. The first kappa shape index (κ1) is 22.4. The number of aliphatic hydroxyl groups excluding tert-OH is 1. The summed E-state index contributed by atoms with van der Waals surface area (Å²) in [7, 11) is 0. The third-order valence-electron chi connectivity index (χ3n) is 5.45. The number of nitrogens with zero attached hydrogens (tertiary/aromatic N) is 4.